The van der Waals surface area contributed by atoms with Crippen LogP contribution in [0.3, 0.4) is 0 Å². The van der Waals surface area contributed by atoms with Gasteiger partial charge in [-0.25, -0.2) is 4.79 Å². The Morgan fingerprint density at radius 2 is 1.72 bits per heavy atom. The van der Waals surface area contributed by atoms with Gasteiger partial charge in [-0.15, -0.1) is 0 Å². The molecule has 0 fully saturated rings. The van der Waals surface area contributed by atoms with Gasteiger partial charge in [0.1, 0.15) is 12.7 Å². The van der Waals surface area contributed by atoms with Crippen molar-refractivity contribution in [2.24, 2.45) is 0 Å². The summed E-state index contributed by atoms with van der Waals surface area (Å²) in [6.07, 6.45) is -2.39. The highest BCUT2D eigenvalue weighted by Gasteiger charge is 1.97. The van der Waals surface area contributed by atoms with Crippen molar-refractivity contribution in [3.63, 3.8) is 0 Å². The summed E-state index contributed by atoms with van der Waals surface area (Å²) in [4.78, 5) is 18.1. The predicted molar refractivity (Wildman–Crippen MR) is 60.5 cm³/mol. The normalized spacial score (nSPS) is 9.56. The second kappa shape index (κ2) is 10.5. The minimum absolute atomic E-state index is 0.132. The van der Waals surface area contributed by atoms with Crippen LogP contribution in [0, 0.1) is 0 Å². The third kappa shape index (κ3) is 9.55. The number of hydrogen-bond donors (Lipinski definition) is 4. The Morgan fingerprint density at radius 3 is 2.11 bits per heavy atom. The van der Waals surface area contributed by atoms with Gasteiger partial charge in [-0.2, -0.15) is 4.89 Å². The van der Waals surface area contributed by atoms with Gasteiger partial charge in [0.15, 0.2) is 0 Å². The van der Waals surface area contributed by atoms with Gasteiger partial charge in [0.25, 0.3) is 0 Å². The molecule has 1 aromatic carbocycles. The van der Waals surface area contributed by atoms with Gasteiger partial charge < -0.3 is 20.4 Å². The summed E-state index contributed by atoms with van der Waals surface area (Å²) < 4.78 is 0. The van der Waals surface area contributed by atoms with E-state index in [4.69, 9.17) is 20.4 Å². The topological polar surface area (TPSA) is 116 Å². The number of carboxylic acid groups (broad SMARTS) is 1. The van der Waals surface area contributed by atoms with Crippen LogP contribution in [0.4, 0.5) is 4.79 Å². The molecule has 7 heteroatoms. The van der Waals surface area contributed by atoms with E-state index < -0.39 is 12.3 Å². The summed E-state index contributed by atoms with van der Waals surface area (Å²) in [6, 6.07) is 9.15. The van der Waals surface area contributed by atoms with E-state index in [0.29, 0.717) is 0 Å². The molecule has 4 N–H and O–H groups in total. The molecule has 0 aliphatic rings. The van der Waals surface area contributed by atoms with Crippen LogP contribution < -0.4 is 0 Å². The summed E-state index contributed by atoms with van der Waals surface area (Å²) in [5.41, 5.74) is 0.860. The van der Waals surface area contributed by atoms with Crippen LogP contribution in [0.15, 0.2) is 30.3 Å². The standard InChI is InChI=1S/C8H8O4.C3H8O3/c9-8(10)12-11-6-7-4-2-1-3-5-7;4-1-3(6)2-5/h1-5H,6H2,(H,9,10);3-6H,1-2H2. The van der Waals surface area contributed by atoms with Crippen molar-refractivity contribution in [3.8, 4) is 0 Å². The molecule has 0 aromatic heterocycles. The van der Waals surface area contributed by atoms with E-state index in [-0.39, 0.29) is 19.8 Å². The van der Waals surface area contributed by atoms with Gasteiger partial charge in [0, 0.05) is 0 Å². The number of aliphatic hydroxyl groups is 3. The SMILES string of the molecule is O=C(O)OOCc1ccccc1.OCC(O)CO. The fourth-order valence-corrected chi connectivity index (χ4v) is 0.780. The van der Waals surface area contributed by atoms with Gasteiger partial charge >= 0.3 is 6.16 Å². The molecule has 0 radical (unpaired) electrons. The van der Waals surface area contributed by atoms with Gasteiger partial charge in [-0.1, -0.05) is 30.3 Å². The minimum Gasteiger partial charge on any atom is -0.448 e. The molecule has 0 spiro atoms. The smallest absolute Gasteiger partial charge is 0.448 e. The van der Waals surface area contributed by atoms with Crippen molar-refractivity contribution in [3.05, 3.63) is 35.9 Å². The molecule has 7 nitrogen and oxygen atoms in total. The van der Waals surface area contributed by atoms with Crippen LogP contribution in [-0.4, -0.2) is 45.9 Å². The zero-order valence-corrected chi connectivity index (χ0v) is 9.60. The molecular weight excluding hydrogens is 244 g/mol. The van der Waals surface area contributed by atoms with E-state index in [1.54, 1.807) is 0 Å². The first-order chi connectivity index (χ1) is 8.60. The molecule has 0 saturated carbocycles. The highest BCUT2D eigenvalue weighted by Crippen LogP contribution is 2.00. The first-order valence-electron chi connectivity index (χ1n) is 5.06. The van der Waals surface area contributed by atoms with E-state index in [0.717, 1.165) is 5.56 Å². The average molecular weight is 260 g/mol. The van der Waals surface area contributed by atoms with Crippen molar-refractivity contribution in [2.75, 3.05) is 13.2 Å². The molecular formula is C11H16O7. The molecule has 1 rings (SSSR count). The number of hydrogen-bond acceptors (Lipinski definition) is 6. The fraction of sp³-hybridized carbons (Fsp3) is 0.364. The van der Waals surface area contributed by atoms with Crippen LogP contribution in [0.5, 0.6) is 0 Å². The Morgan fingerprint density at radius 1 is 1.17 bits per heavy atom. The van der Waals surface area contributed by atoms with Crippen LogP contribution in [0.2, 0.25) is 0 Å². The summed E-state index contributed by atoms with van der Waals surface area (Å²) >= 11 is 0. The largest absolute Gasteiger partial charge is 0.537 e. The van der Waals surface area contributed by atoms with E-state index in [9.17, 15) is 4.79 Å². The number of benzene rings is 1. The predicted octanol–water partition coefficient (Wildman–Crippen LogP) is 0.145. The van der Waals surface area contributed by atoms with Gasteiger partial charge in [-0.3, -0.25) is 4.89 Å². The van der Waals surface area contributed by atoms with Crippen molar-refractivity contribution >= 4 is 6.16 Å². The average Bonchev–Trinajstić information content (AvgIpc) is 2.39. The monoisotopic (exact) mass is 260 g/mol. The Kier molecular flexibility index (Phi) is 9.51. The second-order valence-electron chi connectivity index (χ2n) is 3.12. The van der Waals surface area contributed by atoms with Crippen LogP contribution in [-0.2, 0) is 16.4 Å². The van der Waals surface area contributed by atoms with Gasteiger partial charge in [0.05, 0.1) is 13.2 Å². The Labute approximate surface area is 104 Å². The van der Waals surface area contributed by atoms with E-state index >= 15 is 0 Å². The number of aliphatic hydroxyl groups excluding tert-OH is 3. The summed E-state index contributed by atoms with van der Waals surface area (Å²) in [6.45, 7) is -0.597. The maximum Gasteiger partial charge on any atom is 0.537 e. The van der Waals surface area contributed by atoms with E-state index in [2.05, 4.69) is 9.78 Å². The molecule has 0 saturated heterocycles. The molecule has 0 amide bonds. The lowest BCUT2D eigenvalue weighted by molar-refractivity contribution is -0.260. The van der Waals surface area contributed by atoms with Crippen LogP contribution in [0.25, 0.3) is 0 Å². The molecule has 0 heterocycles. The number of rotatable bonds is 5. The molecule has 0 bridgehead atoms. The van der Waals surface area contributed by atoms with E-state index in [1.165, 1.54) is 0 Å². The number of carbonyl (C=O) groups is 1. The maximum atomic E-state index is 9.84. The van der Waals surface area contributed by atoms with Crippen molar-refractivity contribution in [2.45, 2.75) is 12.7 Å². The first-order valence-corrected chi connectivity index (χ1v) is 5.06. The van der Waals surface area contributed by atoms with E-state index in [1.807, 2.05) is 30.3 Å². The Hall–Kier alpha value is -1.67. The lowest BCUT2D eigenvalue weighted by Gasteiger charge is -1.98. The summed E-state index contributed by atoms with van der Waals surface area (Å²) in [5, 5.41) is 32.1. The fourth-order valence-electron chi connectivity index (χ4n) is 0.780. The molecule has 0 unspecified atom stereocenters. The second-order valence-corrected chi connectivity index (χ2v) is 3.12. The molecule has 0 atom stereocenters. The Bertz CT molecular complexity index is 310. The Balaban J connectivity index is 0.000000411. The lowest BCUT2D eigenvalue weighted by Crippen LogP contribution is -2.15. The third-order valence-electron chi connectivity index (χ3n) is 1.62. The highest BCUT2D eigenvalue weighted by atomic mass is 17.2. The van der Waals surface area contributed by atoms with Crippen molar-refractivity contribution < 1.29 is 35.0 Å². The minimum atomic E-state index is -1.44. The summed E-state index contributed by atoms with van der Waals surface area (Å²) in [5.74, 6) is 0. The zero-order chi connectivity index (χ0) is 13.8. The van der Waals surface area contributed by atoms with Crippen molar-refractivity contribution in [1.29, 1.82) is 0 Å². The lowest BCUT2D eigenvalue weighted by atomic mass is 10.2. The molecule has 18 heavy (non-hydrogen) atoms. The van der Waals surface area contributed by atoms with Crippen molar-refractivity contribution in [1.82, 2.24) is 0 Å². The molecule has 0 aliphatic carbocycles. The quantitative estimate of drug-likeness (QED) is 0.439. The maximum absolute atomic E-state index is 9.84. The molecule has 102 valence electrons. The summed E-state index contributed by atoms with van der Waals surface area (Å²) in [7, 11) is 0. The highest BCUT2D eigenvalue weighted by molar-refractivity contribution is 5.55. The van der Waals surface area contributed by atoms with Crippen LogP contribution in [0.1, 0.15) is 5.56 Å². The first kappa shape index (κ1) is 16.3. The van der Waals surface area contributed by atoms with Crippen LogP contribution >= 0.6 is 0 Å². The van der Waals surface area contributed by atoms with Gasteiger partial charge in [0.2, 0.25) is 0 Å². The third-order valence-corrected chi connectivity index (χ3v) is 1.62. The molecule has 1 aromatic rings. The van der Waals surface area contributed by atoms with Gasteiger partial charge in [-0.05, 0) is 5.56 Å². The zero-order valence-electron chi connectivity index (χ0n) is 9.60. The molecule has 0 aliphatic heterocycles.